The molecule has 2 aromatic rings. The third-order valence-corrected chi connectivity index (χ3v) is 5.17. The van der Waals surface area contributed by atoms with Crippen LogP contribution in [0.5, 0.6) is 11.5 Å². The highest BCUT2D eigenvalue weighted by atomic mass is 16.6. The van der Waals surface area contributed by atoms with Gasteiger partial charge in [-0.1, -0.05) is 0 Å². The molecule has 0 bridgehead atoms. The van der Waals surface area contributed by atoms with Crippen LogP contribution in [-0.4, -0.2) is 38.3 Å². The van der Waals surface area contributed by atoms with E-state index < -0.39 is 0 Å². The monoisotopic (exact) mass is 381 g/mol. The van der Waals surface area contributed by atoms with Gasteiger partial charge in [0.1, 0.15) is 19.3 Å². The number of piperidine rings is 1. The highest BCUT2D eigenvalue weighted by Crippen LogP contribution is 2.32. The van der Waals surface area contributed by atoms with Gasteiger partial charge in [0.15, 0.2) is 11.5 Å². The van der Waals surface area contributed by atoms with Crippen LogP contribution in [0.2, 0.25) is 0 Å². The molecular weight excluding hydrogens is 354 g/mol. The average Bonchev–Trinajstić information content (AvgIpc) is 2.75. The highest BCUT2D eigenvalue weighted by molar-refractivity contribution is 5.96. The first kappa shape index (κ1) is 18.5. The van der Waals surface area contributed by atoms with Crippen LogP contribution in [0.4, 0.5) is 17.1 Å². The predicted octanol–water partition coefficient (Wildman–Crippen LogP) is 3.89. The number of rotatable bonds is 5. The van der Waals surface area contributed by atoms with Crippen molar-refractivity contribution in [3.8, 4) is 11.5 Å². The largest absolute Gasteiger partial charge is 0.486 e. The van der Waals surface area contributed by atoms with E-state index in [2.05, 4.69) is 27.7 Å². The first-order valence-electron chi connectivity index (χ1n) is 10.0. The fourth-order valence-corrected chi connectivity index (χ4v) is 3.61. The summed E-state index contributed by atoms with van der Waals surface area (Å²) in [4.78, 5) is 15.0. The van der Waals surface area contributed by atoms with Crippen LogP contribution in [0.15, 0.2) is 42.5 Å². The molecule has 1 atom stereocenters. The number of nitrogens with one attached hydrogen (secondary N) is 2. The van der Waals surface area contributed by atoms with Crippen LogP contribution >= 0.6 is 0 Å². The average molecular weight is 381 g/mol. The van der Waals surface area contributed by atoms with Crippen molar-refractivity contribution in [3.63, 3.8) is 0 Å². The summed E-state index contributed by atoms with van der Waals surface area (Å²) in [6.45, 7) is 5.18. The molecule has 1 unspecified atom stereocenters. The van der Waals surface area contributed by atoms with E-state index in [0.717, 1.165) is 18.8 Å². The third kappa shape index (κ3) is 4.32. The fourth-order valence-electron chi connectivity index (χ4n) is 3.61. The van der Waals surface area contributed by atoms with E-state index in [4.69, 9.17) is 9.47 Å². The van der Waals surface area contributed by atoms with Gasteiger partial charge in [0.2, 0.25) is 5.91 Å². The Bertz CT molecular complexity index is 816. The maximum Gasteiger partial charge on any atom is 0.246 e. The van der Waals surface area contributed by atoms with Gasteiger partial charge in [0.05, 0.1) is 0 Å². The summed E-state index contributed by atoms with van der Waals surface area (Å²) < 4.78 is 11.1. The second-order valence-electron chi connectivity index (χ2n) is 7.31. The number of ether oxygens (including phenoxy) is 2. The maximum atomic E-state index is 12.5. The maximum absolute atomic E-state index is 12.5. The smallest absolute Gasteiger partial charge is 0.246 e. The first-order valence-corrected chi connectivity index (χ1v) is 10.0. The van der Waals surface area contributed by atoms with Gasteiger partial charge < -0.3 is 25.0 Å². The number of fused-ring (bicyclic) bond motifs is 1. The van der Waals surface area contributed by atoms with Crippen molar-refractivity contribution < 1.29 is 14.3 Å². The van der Waals surface area contributed by atoms with E-state index >= 15 is 0 Å². The number of nitrogens with zero attached hydrogens (tertiary/aromatic N) is 1. The van der Waals surface area contributed by atoms with Crippen LogP contribution in [-0.2, 0) is 4.79 Å². The minimum Gasteiger partial charge on any atom is -0.486 e. The van der Waals surface area contributed by atoms with Gasteiger partial charge in [-0.25, -0.2) is 0 Å². The first-order chi connectivity index (χ1) is 13.7. The lowest BCUT2D eigenvalue weighted by Crippen LogP contribution is -2.32. The summed E-state index contributed by atoms with van der Waals surface area (Å²) in [5.41, 5.74) is 2.88. The summed E-state index contributed by atoms with van der Waals surface area (Å²) in [6, 6.07) is 13.4. The second-order valence-corrected chi connectivity index (χ2v) is 7.31. The zero-order chi connectivity index (χ0) is 19.3. The van der Waals surface area contributed by atoms with E-state index in [-0.39, 0.29) is 11.9 Å². The van der Waals surface area contributed by atoms with Crippen molar-refractivity contribution in [2.75, 3.05) is 41.8 Å². The zero-order valence-corrected chi connectivity index (χ0v) is 16.2. The van der Waals surface area contributed by atoms with Gasteiger partial charge in [-0.2, -0.15) is 0 Å². The quantitative estimate of drug-likeness (QED) is 0.823. The highest BCUT2D eigenvalue weighted by Gasteiger charge is 2.16. The lowest BCUT2D eigenvalue weighted by atomic mass is 10.1. The number of carbonyl (C=O) groups excluding carboxylic acids is 1. The minimum absolute atomic E-state index is 0.100. The Balaban J connectivity index is 1.34. The summed E-state index contributed by atoms with van der Waals surface area (Å²) in [6.07, 6.45) is 3.85. The third-order valence-electron chi connectivity index (χ3n) is 5.17. The molecule has 2 N–H and O–H groups in total. The zero-order valence-electron chi connectivity index (χ0n) is 16.2. The molecule has 2 aromatic carbocycles. The van der Waals surface area contributed by atoms with Crippen LogP contribution in [0.3, 0.4) is 0 Å². The summed E-state index contributed by atoms with van der Waals surface area (Å²) in [5.74, 6) is 1.28. The Hall–Kier alpha value is -2.89. The SMILES string of the molecule is CC(Nc1ccc(N2CCCCC2)cc1)C(=O)Nc1ccc2c(c1)OCCO2. The molecule has 2 aliphatic heterocycles. The number of hydrogen-bond donors (Lipinski definition) is 2. The summed E-state index contributed by atoms with van der Waals surface area (Å²) in [7, 11) is 0. The van der Waals surface area contributed by atoms with Crippen molar-refractivity contribution in [1.29, 1.82) is 0 Å². The van der Waals surface area contributed by atoms with Crippen LogP contribution < -0.4 is 25.0 Å². The standard InChI is InChI=1S/C22H27N3O3/c1-16(22(26)24-18-7-10-20-21(15-18)28-14-13-27-20)23-17-5-8-19(9-6-17)25-11-3-2-4-12-25/h5-10,15-16,23H,2-4,11-14H2,1H3,(H,24,26). The second kappa shape index (κ2) is 8.42. The molecule has 0 spiro atoms. The topological polar surface area (TPSA) is 62.8 Å². The molecule has 0 aliphatic carbocycles. The van der Waals surface area contributed by atoms with Crippen molar-refractivity contribution in [3.05, 3.63) is 42.5 Å². The lowest BCUT2D eigenvalue weighted by molar-refractivity contribution is -0.116. The Morgan fingerprint density at radius 3 is 2.36 bits per heavy atom. The normalized spacial score (nSPS) is 17.0. The van der Waals surface area contributed by atoms with Crippen LogP contribution in [0.25, 0.3) is 0 Å². The molecular formula is C22H27N3O3. The Labute approximate surface area is 165 Å². The van der Waals surface area contributed by atoms with Gasteiger partial charge in [-0.05, 0) is 62.6 Å². The van der Waals surface area contributed by atoms with Gasteiger partial charge in [0, 0.05) is 36.2 Å². The van der Waals surface area contributed by atoms with Gasteiger partial charge in [0.25, 0.3) is 0 Å². The Morgan fingerprint density at radius 2 is 1.61 bits per heavy atom. The van der Waals surface area contributed by atoms with Gasteiger partial charge in [-0.3, -0.25) is 4.79 Å². The molecule has 1 saturated heterocycles. The lowest BCUT2D eigenvalue weighted by Gasteiger charge is -2.29. The van der Waals surface area contributed by atoms with E-state index in [1.54, 1.807) is 6.07 Å². The number of amides is 1. The molecule has 0 aromatic heterocycles. The van der Waals surface area contributed by atoms with Crippen molar-refractivity contribution >= 4 is 23.0 Å². The van der Waals surface area contributed by atoms with Crippen molar-refractivity contribution in [2.24, 2.45) is 0 Å². The van der Waals surface area contributed by atoms with E-state index in [9.17, 15) is 4.79 Å². The number of carbonyl (C=O) groups is 1. The van der Waals surface area contributed by atoms with Crippen LogP contribution in [0.1, 0.15) is 26.2 Å². The van der Waals surface area contributed by atoms with Gasteiger partial charge >= 0.3 is 0 Å². The molecule has 28 heavy (non-hydrogen) atoms. The predicted molar refractivity (Wildman–Crippen MR) is 112 cm³/mol. The van der Waals surface area contributed by atoms with Crippen molar-refractivity contribution in [2.45, 2.75) is 32.2 Å². The van der Waals surface area contributed by atoms with E-state index in [1.165, 1.54) is 24.9 Å². The molecule has 6 heteroatoms. The molecule has 148 valence electrons. The Morgan fingerprint density at radius 1 is 0.929 bits per heavy atom. The molecule has 2 aliphatic rings. The number of hydrogen-bond acceptors (Lipinski definition) is 5. The molecule has 1 amide bonds. The van der Waals surface area contributed by atoms with Crippen LogP contribution in [0, 0.1) is 0 Å². The molecule has 0 radical (unpaired) electrons. The van der Waals surface area contributed by atoms with Gasteiger partial charge in [-0.15, -0.1) is 0 Å². The molecule has 6 nitrogen and oxygen atoms in total. The molecule has 2 heterocycles. The summed E-state index contributed by atoms with van der Waals surface area (Å²) in [5, 5.41) is 6.20. The van der Waals surface area contributed by atoms with E-state index in [1.807, 2.05) is 31.2 Å². The van der Waals surface area contributed by atoms with E-state index in [0.29, 0.717) is 30.4 Å². The number of benzene rings is 2. The Kier molecular flexibility index (Phi) is 5.55. The van der Waals surface area contributed by atoms with Crippen molar-refractivity contribution in [1.82, 2.24) is 0 Å². The summed E-state index contributed by atoms with van der Waals surface area (Å²) >= 11 is 0. The minimum atomic E-state index is -0.367. The number of anilines is 3. The molecule has 4 rings (SSSR count). The molecule has 1 fully saturated rings. The fraction of sp³-hybridized carbons (Fsp3) is 0.409. The molecule has 0 saturated carbocycles.